The van der Waals surface area contributed by atoms with E-state index < -0.39 is 23.4 Å². The van der Waals surface area contributed by atoms with Crippen molar-refractivity contribution in [3.63, 3.8) is 0 Å². The lowest BCUT2D eigenvalue weighted by atomic mass is 10.1. The van der Waals surface area contributed by atoms with Crippen LogP contribution < -0.4 is 16.4 Å². The molecule has 0 atom stereocenters. The Bertz CT molecular complexity index is 517. The zero-order chi connectivity index (χ0) is 14.7. The average Bonchev–Trinajstić information content (AvgIpc) is 2.28. The molecule has 5 N–H and O–H groups in total. The SMILES string of the molecule is CC(C)N(CC(N)=O)c1ccc(F)c(N)c1C(=O)O. The molecule has 0 aromatic heterocycles. The summed E-state index contributed by atoms with van der Waals surface area (Å²) in [6, 6.07) is 2.14. The zero-order valence-electron chi connectivity index (χ0n) is 10.7. The van der Waals surface area contributed by atoms with E-state index in [0.29, 0.717) is 0 Å². The van der Waals surface area contributed by atoms with E-state index in [1.165, 1.54) is 11.0 Å². The summed E-state index contributed by atoms with van der Waals surface area (Å²) in [5.74, 6) is -2.79. The second-order valence-electron chi connectivity index (χ2n) is 4.35. The summed E-state index contributed by atoms with van der Waals surface area (Å²) >= 11 is 0. The van der Waals surface area contributed by atoms with Gasteiger partial charge in [-0.3, -0.25) is 4.79 Å². The molecule has 0 fully saturated rings. The number of amides is 1. The molecule has 0 saturated heterocycles. The number of carboxylic acid groups (broad SMARTS) is 1. The first-order valence-corrected chi connectivity index (χ1v) is 5.62. The van der Waals surface area contributed by atoms with Crippen LogP contribution in [0.4, 0.5) is 15.8 Å². The third kappa shape index (κ3) is 3.12. The van der Waals surface area contributed by atoms with Crippen LogP contribution in [0.3, 0.4) is 0 Å². The number of hydrogen-bond donors (Lipinski definition) is 3. The molecule has 6 nitrogen and oxygen atoms in total. The van der Waals surface area contributed by atoms with Gasteiger partial charge < -0.3 is 21.5 Å². The third-order valence-corrected chi connectivity index (χ3v) is 2.64. The number of carbonyl (C=O) groups is 2. The largest absolute Gasteiger partial charge is 0.478 e. The Morgan fingerprint density at radius 3 is 2.42 bits per heavy atom. The molecule has 1 rings (SSSR count). The Hall–Kier alpha value is -2.31. The number of nitrogens with two attached hydrogens (primary N) is 2. The minimum Gasteiger partial charge on any atom is -0.478 e. The minimum absolute atomic E-state index is 0.167. The monoisotopic (exact) mass is 269 g/mol. The molecular formula is C12H16FN3O3. The van der Waals surface area contributed by atoms with E-state index in [2.05, 4.69) is 0 Å². The fourth-order valence-electron chi connectivity index (χ4n) is 1.76. The van der Waals surface area contributed by atoms with E-state index in [9.17, 15) is 14.0 Å². The van der Waals surface area contributed by atoms with Gasteiger partial charge in [0, 0.05) is 6.04 Å². The van der Waals surface area contributed by atoms with Gasteiger partial charge in [-0.1, -0.05) is 0 Å². The van der Waals surface area contributed by atoms with Crippen LogP contribution in [0, 0.1) is 5.82 Å². The van der Waals surface area contributed by atoms with Crippen molar-refractivity contribution < 1.29 is 19.1 Å². The fraction of sp³-hybridized carbons (Fsp3) is 0.333. The van der Waals surface area contributed by atoms with Crippen LogP contribution in [0.2, 0.25) is 0 Å². The summed E-state index contributed by atoms with van der Waals surface area (Å²) in [7, 11) is 0. The van der Waals surface area contributed by atoms with Crippen LogP contribution in [-0.4, -0.2) is 29.6 Å². The smallest absolute Gasteiger partial charge is 0.340 e. The Morgan fingerprint density at radius 2 is 2.00 bits per heavy atom. The van der Waals surface area contributed by atoms with E-state index in [0.717, 1.165) is 6.07 Å². The number of hydrogen-bond acceptors (Lipinski definition) is 4. The lowest BCUT2D eigenvalue weighted by molar-refractivity contribution is -0.116. The first-order chi connectivity index (χ1) is 8.75. The number of nitrogen functional groups attached to an aromatic ring is 1. The van der Waals surface area contributed by atoms with Crippen LogP contribution in [0.15, 0.2) is 12.1 Å². The zero-order valence-corrected chi connectivity index (χ0v) is 10.7. The van der Waals surface area contributed by atoms with Crippen LogP contribution >= 0.6 is 0 Å². The van der Waals surface area contributed by atoms with Crippen molar-refractivity contribution in [2.75, 3.05) is 17.2 Å². The summed E-state index contributed by atoms with van der Waals surface area (Å²) in [5.41, 5.74) is 9.93. The van der Waals surface area contributed by atoms with Gasteiger partial charge in [0.1, 0.15) is 11.4 Å². The van der Waals surface area contributed by atoms with Gasteiger partial charge in [0.05, 0.1) is 17.9 Å². The number of halogens is 1. The highest BCUT2D eigenvalue weighted by molar-refractivity contribution is 6.01. The quantitative estimate of drug-likeness (QED) is 0.685. The second kappa shape index (κ2) is 5.55. The molecule has 0 heterocycles. The second-order valence-corrected chi connectivity index (χ2v) is 4.35. The molecule has 104 valence electrons. The summed E-state index contributed by atoms with van der Waals surface area (Å²) in [6.07, 6.45) is 0. The van der Waals surface area contributed by atoms with Crippen LogP contribution in [0.5, 0.6) is 0 Å². The molecule has 0 spiro atoms. The Labute approximate surface area is 109 Å². The first kappa shape index (κ1) is 14.7. The highest BCUT2D eigenvalue weighted by Crippen LogP contribution is 2.29. The fourth-order valence-corrected chi connectivity index (χ4v) is 1.76. The first-order valence-electron chi connectivity index (χ1n) is 5.62. The predicted molar refractivity (Wildman–Crippen MR) is 69.4 cm³/mol. The number of carbonyl (C=O) groups excluding carboxylic acids is 1. The molecule has 0 saturated carbocycles. The molecule has 0 bridgehead atoms. The van der Waals surface area contributed by atoms with E-state index in [1.54, 1.807) is 13.8 Å². The molecule has 0 unspecified atom stereocenters. The lowest BCUT2D eigenvalue weighted by Gasteiger charge is -2.29. The number of rotatable bonds is 5. The summed E-state index contributed by atoms with van der Waals surface area (Å²) in [5, 5.41) is 9.15. The molecule has 7 heteroatoms. The lowest BCUT2D eigenvalue weighted by Crippen LogP contribution is -2.39. The molecule has 1 aromatic rings. The van der Waals surface area contributed by atoms with Crippen molar-refractivity contribution in [3.05, 3.63) is 23.5 Å². The van der Waals surface area contributed by atoms with Crippen molar-refractivity contribution in [2.24, 2.45) is 5.73 Å². The van der Waals surface area contributed by atoms with Crippen molar-refractivity contribution >= 4 is 23.3 Å². The maximum absolute atomic E-state index is 13.3. The molecule has 0 aliphatic carbocycles. The van der Waals surface area contributed by atoms with Gasteiger partial charge in [-0.2, -0.15) is 0 Å². The van der Waals surface area contributed by atoms with Crippen molar-refractivity contribution in [2.45, 2.75) is 19.9 Å². The molecule has 0 aliphatic rings. The third-order valence-electron chi connectivity index (χ3n) is 2.64. The number of nitrogens with zero attached hydrogens (tertiary/aromatic N) is 1. The van der Waals surface area contributed by atoms with Crippen LogP contribution in [-0.2, 0) is 4.79 Å². The van der Waals surface area contributed by atoms with Gasteiger partial charge in [0.15, 0.2) is 0 Å². The van der Waals surface area contributed by atoms with E-state index in [-0.39, 0.29) is 23.8 Å². The average molecular weight is 269 g/mol. The standard InChI is InChI=1S/C12H16FN3O3/c1-6(2)16(5-9(14)17)8-4-3-7(13)11(15)10(8)12(18)19/h3-4,6H,5,15H2,1-2H3,(H2,14,17)(H,18,19). The van der Waals surface area contributed by atoms with Gasteiger partial charge in [-0.05, 0) is 26.0 Å². The minimum atomic E-state index is -1.36. The van der Waals surface area contributed by atoms with Gasteiger partial charge in [-0.15, -0.1) is 0 Å². The molecule has 0 radical (unpaired) electrons. The summed E-state index contributed by atoms with van der Waals surface area (Å²) < 4.78 is 13.3. The topological polar surface area (TPSA) is 110 Å². The number of benzene rings is 1. The van der Waals surface area contributed by atoms with Gasteiger partial charge in [0.25, 0.3) is 0 Å². The molecule has 1 aromatic carbocycles. The van der Waals surface area contributed by atoms with Crippen molar-refractivity contribution in [1.29, 1.82) is 0 Å². The van der Waals surface area contributed by atoms with Gasteiger partial charge >= 0.3 is 5.97 Å². The van der Waals surface area contributed by atoms with E-state index in [4.69, 9.17) is 16.6 Å². The Balaban J connectivity index is 3.42. The maximum atomic E-state index is 13.3. The number of aromatic carboxylic acids is 1. The van der Waals surface area contributed by atoms with E-state index in [1.807, 2.05) is 0 Å². The summed E-state index contributed by atoms with van der Waals surface area (Å²) in [6.45, 7) is 3.34. The molecule has 0 aliphatic heterocycles. The maximum Gasteiger partial charge on any atom is 0.340 e. The highest BCUT2D eigenvalue weighted by atomic mass is 19.1. The molecular weight excluding hydrogens is 253 g/mol. The highest BCUT2D eigenvalue weighted by Gasteiger charge is 2.23. The number of primary amides is 1. The predicted octanol–water partition coefficient (Wildman–Crippen LogP) is 0.806. The molecule has 19 heavy (non-hydrogen) atoms. The Morgan fingerprint density at radius 1 is 1.42 bits per heavy atom. The van der Waals surface area contributed by atoms with Gasteiger partial charge in [-0.25, -0.2) is 9.18 Å². The number of anilines is 2. The number of carboxylic acids is 1. The van der Waals surface area contributed by atoms with Gasteiger partial charge in [0.2, 0.25) is 5.91 Å². The van der Waals surface area contributed by atoms with E-state index >= 15 is 0 Å². The normalized spacial score (nSPS) is 10.5. The van der Waals surface area contributed by atoms with Crippen LogP contribution in [0.25, 0.3) is 0 Å². The molecule has 1 amide bonds. The van der Waals surface area contributed by atoms with Crippen molar-refractivity contribution in [3.8, 4) is 0 Å². The summed E-state index contributed by atoms with van der Waals surface area (Å²) in [4.78, 5) is 23.7. The Kier molecular flexibility index (Phi) is 4.31. The van der Waals surface area contributed by atoms with Crippen molar-refractivity contribution in [1.82, 2.24) is 0 Å². The van der Waals surface area contributed by atoms with Crippen LogP contribution in [0.1, 0.15) is 24.2 Å².